The Hall–Kier alpha value is -1.13. The van der Waals surface area contributed by atoms with Crippen LogP contribution in [0.5, 0.6) is 5.75 Å². The van der Waals surface area contributed by atoms with Gasteiger partial charge in [-0.25, -0.2) is 4.39 Å². The minimum atomic E-state index is -0.876. The Balaban J connectivity index is 1.95. The Morgan fingerprint density at radius 3 is 2.79 bits per heavy atom. The van der Waals surface area contributed by atoms with Crippen molar-refractivity contribution < 1.29 is 14.2 Å². The molecule has 0 spiro atoms. The second-order valence-electron chi connectivity index (χ2n) is 5.59. The van der Waals surface area contributed by atoms with E-state index in [1.807, 2.05) is 13.0 Å². The Morgan fingerprint density at radius 1 is 1.42 bits per heavy atom. The van der Waals surface area contributed by atoms with E-state index >= 15 is 0 Å². The number of ether oxygens (including phenoxy) is 1. The van der Waals surface area contributed by atoms with Gasteiger partial charge in [0.15, 0.2) is 0 Å². The van der Waals surface area contributed by atoms with Gasteiger partial charge in [0.2, 0.25) is 0 Å². The van der Waals surface area contributed by atoms with Gasteiger partial charge in [-0.05, 0) is 43.9 Å². The highest BCUT2D eigenvalue weighted by Crippen LogP contribution is 2.22. The Kier molecular flexibility index (Phi) is 4.42. The number of aliphatic hydroxyl groups is 1. The van der Waals surface area contributed by atoms with E-state index in [2.05, 4.69) is 5.32 Å². The average Bonchev–Trinajstić information content (AvgIpc) is 3.18. The zero-order valence-corrected chi connectivity index (χ0v) is 11.6. The van der Waals surface area contributed by atoms with E-state index in [4.69, 9.17) is 4.74 Å². The molecule has 2 rings (SSSR count). The number of halogens is 1. The second kappa shape index (κ2) is 5.88. The minimum Gasteiger partial charge on any atom is -0.490 e. The van der Waals surface area contributed by atoms with Crippen LogP contribution >= 0.6 is 0 Å². The number of benzene rings is 1. The highest BCUT2D eigenvalue weighted by atomic mass is 19.1. The Bertz CT molecular complexity index is 430. The largest absolute Gasteiger partial charge is 0.490 e. The summed E-state index contributed by atoms with van der Waals surface area (Å²) in [6.07, 6.45) is 3.01. The molecule has 1 aliphatic carbocycles. The normalized spacial score (nSPS) is 18.1. The SMILES string of the molecule is CCC(C)(O)COc1cc(F)cc(CNC2CC2)c1. The van der Waals surface area contributed by atoms with Gasteiger partial charge in [-0.2, -0.15) is 0 Å². The summed E-state index contributed by atoms with van der Waals surface area (Å²) in [7, 11) is 0. The molecule has 3 nitrogen and oxygen atoms in total. The molecule has 0 heterocycles. The summed E-state index contributed by atoms with van der Waals surface area (Å²) < 4.78 is 19.0. The lowest BCUT2D eigenvalue weighted by atomic mass is 10.1. The molecule has 0 aliphatic heterocycles. The predicted molar refractivity (Wildman–Crippen MR) is 72.7 cm³/mol. The fraction of sp³-hybridized carbons (Fsp3) is 0.600. The molecule has 1 aromatic carbocycles. The van der Waals surface area contributed by atoms with Crippen molar-refractivity contribution in [2.75, 3.05) is 6.61 Å². The third kappa shape index (κ3) is 4.80. The van der Waals surface area contributed by atoms with Gasteiger partial charge < -0.3 is 15.2 Å². The van der Waals surface area contributed by atoms with Crippen LogP contribution < -0.4 is 10.1 Å². The van der Waals surface area contributed by atoms with Gasteiger partial charge in [0.1, 0.15) is 18.2 Å². The van der Waals surface area contributed by atoms with Crippen LogP contribution in [0.2, 0.25) is 0 Å². The van der Waals surface area contributed by atoms with Gasteiger partial charge in [-0.1, -0.05) is 6.92 Å². The first-order valence-electron chi connectivity index (χ1n) is 6.86. The lowest BCUT2D eigenvalue weighted by molar-refractivity contribution is 0.00834. The average molecular weight is 267 g/mol. The van der Waals surface area contributed by atoms with E-state index in [0.717, 1.165) is 5.56 Å². The first kappa shape index (κ1) is 14.3. The zero-order chi connectivity index (χ0) is 13.9. The van der Waals surface area contributed by atoms with Crippen molar-refractivity contribution in [1.29, 1.82) is 0 Å². The fourth-order valence-electron chi connectivity index (χ4n) is 1.70. The van der Waals surface area contributed by atoms with Gasteiger partial charge >= 0.3 is 0 Å². The van der Waals surface area contributed by atoms with Crippen molar-refractivity contribution in [3.8, 4) is 5.75 Å². The van der Waals surface area contributed by atoms with Crippen molar-refractivity contribution in [3.05, 3.63) is 29.6 Å². The molecule has 106 valence electrons. The topological polar surface area (TPSA) is 41.5 Å². The smallest absolute Gasteiger partial charge is 0.127 e. The highest BCUT2D eigenvalue weighted by Gasteiger charge is 2.21. The monoisotopic (exact) mass is 267 g/mol. The Labute approximate surface area is 113 Å². The van der Waals surface area contributed by atoms with Crippen LogP contribution in [0, 0.1) is 5.82 Å². The molecule has 0 saturated heterocycles. The van der Waals surface area contributed by atoms with E-state index in [9.17, 15) is 9.50 Å². The molecule has 1 unspecified atom stereocenters. The quantitative estimate of drug-likeness (QED) is 0.798. The first-order chi connectivity index (χ1) is 8.98. The third-order valence-electron chi connectivity index (χ3n) is 3.41. The van der Waals surface area contributed by atoms with E-state index < -0.39 is 5.60 Å². The van der Waals surface area contributed by atoms with Crippen LogP contribution in [-0.2, 0) is 6.54 Å². The lowest BCUT2D eigenvalue weighted by Gasteiger charge is -2.21. The molecule has 0 bridgehead atoms. The van der Waals surface area contributed by atoms with Crippen LogP contribution in [0.4, 0.5) is 4.39 Å². The van der Waals surface area contributed by atoms with Crippen LogP contribution in [0.15, 0.2) is 18.2 Å². The van der Waals surface area contributed by atoms with Gasteiger partial charge in [0, 0.05) is 18.7 Å². The number of hydrogen-bond acceptors (Lipinski definition) is 3. The van der Waals surface area contributed by atoms with Crippen molar-refractivity contribution in [1.82, 2.24) is 5.32 Å². The van der Waals surface area contributed by atoms with E-state index in [0.29, 0.717) is 24.8 Å². The van der Waals surface area contributed by atoms with Crippen LogP contribution in [0.25, 0.3) is 0 Å². The maximum atomic E-state index is 13.5. The maximum Gasteiger partial charge on any atom is 0.127 e. The standard InChI is InChI=1S/C15H22FNO2/c1-3-15(2,18)10-19-14-7-11(6-12(16)8-14)9-17-13-4-5-13/h6-8,13,17-18H,3-5,9-10H2,1-2H3. The summed E-state index contributed by atoms with van der Waals surface area (Å²) in [6, 6.07) is 5.28. The molecule has 1 aliphatic rings. The molecular weight excluding hydrogens is 245 g/mol. The van der Waals surface area contributed by atoms with Crippen molar-refractivity contribution in [3.63, 3.8) is 0 Å². The van der Waals surface area contributed by atoms with Gasteiger partial charge in [0.25, 0.3) is 0 Å². The van der Waals surface area contributed by atoms with Crippen molar-refractivity contribution in [2.24, 2.45) is 0 Å². The summed E-state index contributed by atoms with van der Waals surface area (Å²) in [5.74, 6) is 0.169. The first-order valence-corrected chi connectivity index (χ1v) is 6.86. The predicted octanol–water partition coefficient (Wildman–Crippen LogP) is 2.62. The summed E-state index contributed by atoms with van der Waals surface area (Å²) in [4.78, 5) is 0. The van der Waals surface area contributed by atoms with Crippen LogP contribution in [-0.4, -0.2) is 23.4 Å². The van der Waals surface area contributed by atoms with Gasteiger partial charge in [-0.15, -0.1) is 0 Å². The van der Waals surface area contributed by atoms with E-state index in [1.54, 1.807) is 6.92 Å². The van der Waals surface area contributed by atoms with E-state index in [-0.39, 0.29) is 12.4 Å². The second-order valence-corrected chi connectivity index (χ2v) is 5.59. The highest BCUT2D eigenvalue weighted by molar-refractivity contribution is 5.29. The Morgan fingerprint density at radius 2 is 2.16 bits per heavy atom. The summed E-state index contributed by atoms with van der Waals surface area (Å²) in [5, 5.41) is 13.2. The molecule has 1 atom stereocenters. The molecule has 1 fully saturated rings. The van der Waals surface area contributed by atoms with Gasteiger partial charge in [-0.3, -0.25) is 0 Å². The van der Waals surface area contributed by atoms with Gasteiger partial charge in [0.05, 0.1) is 5.60 Å². The maximum absolute atomic E-state index is 13.5. The fourth-order valence-corrected chi connectivity index (χ4v) is 1.70. The number of nitrogens with one attached hydrogen (secondary N) is 1. The molecule has 0 amide bonds. The molecular formula is C15H22FNO2. The number of hydrogen-bond donors (Lipinski definition) is 2. The van der Waals surface area contributed by atoms with Crippen LogP contribution in [0.3, 0.4) is 0 Å². The third-order valence-corrected chi connectivity index (χ3v) is 3.41. The minimum absolute atomic E-state index is 0.169. The summed E-state index contributed by atoms with van der Waals surface area (Å²) in [5.41, 5.74) is -0.00306. The molecule has 0 radical (unpaired) electrons. The van der Waals surface area contributed by atoms with Crippen molar-refractivity contribution in [2.45, 2.75) is 51.3 Å². The van der Waals surface area contributed by atoms with Crippen LogP contribution in [0.1, 0.15) is 38.7 Å². The molecule has 19 heavy (non-hydrogen) atoms. The molecule has 2 N–H and O–H groups in total. The summed E-state index contributed by atoms with van der Waals surface area (Å²) >= 11 is 0. The molecule has 1 aromatic rings. The number of rotatable bonds is 7. The lowest BCUT2D eigenvalue weighted by Crippen LogP contribution is -2.31. The molecule has 4 heteroatoms. The summed E-state index contributed by atoms with van der Waals surface area (Å²) in [6.45, 7) is 4.42. The molecule has 1 saturated carbocycles. The van der Waals surface area contributed by atoms with E-state index in [1.165, 1.54) is 25.0 Å². The molecule has 0 aromatic heterocycles. The zero-order valence-electron chi connectivity index (χ0n) is 11.6. The van der Waals surface area contributed by atoms with Crippen molar-refractivity contribution >= 4 is 0 Å².